The molecule has 0 aliphatic carbocycles. The smallest absolute Gasteiger partial charge is 0.261 e. The molecule has 28 heavy (non-hydrogen) atoms. The third-order valence-electron chi connectivity index (χ3n) is 4.77. The predicted octanol–water partition coefficient (Wildman–Crippen LogP) is 3.81. The number of aryl methyl sites for hydroxylation is 2. The van der Waals surface area contributed by atoms with Crippen molar-refractivity contribution in [1.82, 2.24) is 10.2 Å². The maximum absolute atomic E-state index is 12.9. The highest BCUT2D eigenvalue weighted by Gasteiger charge is 2.26. The van der Waals surface area contributed by atoms with Crippen molar-refractivity contribution in [2.24, 2.45) is 0 Å². The molecule has 2 amide bonds. The second kappa shape index (κ2) is 9.60. The predicted molar refractivity (Wildman–Crippen MR) is 112 cm³/mol. The average molecular weight is 403 g/mol. The molecule has 2 aromatic rings. The second-order valence-electron chi connectivity index (χ2n) is 6.94. The van der Waals surface area contributed by atoms with Crippen molar-refractivity contribution in [3.8, 4) is 5.75 Å². The molecule has 0 spiro atoms. The fourth-order valence-corrected chi connectivity index (χ4v) is 3.21. The van der Waals surface area contributed by atoms with Crippen LogP contribution in [0.1, 0.15) is 29.2 Å². The highest BCUT2D eigenvalue weighted by molar-refractivity contribution is 6.30. The molecule has 2 rings (SSSR count). The first kappa shape index (κ1) is 21.8. The van der Waals surface area contributed by atoms with E-state index in [9.17, 15) is 9.59 Å². The number of nitrogens with one attached hydrogen (secondary N) is 1. The van der Waals surface area contributed by atoms with Crippen LogP contribution in [0.4, 0.5) is 0 Å². The number of hydrogen-bond donors (Lipinski definition) is 1. The molecule has 0 aliphatic heterocycles. The van der Waals surface area contributed by atoms with Gasteiger partial charge >= 0.3 is 0 Å². The minimum absolute atomic E-state index is 0.147. The van der Waals surface area contributed by atoms with Crippen LogP contribution in [-0.2, 0) is 16.1 Å². The maximum atomic E-state index is 12.9. The molecule has 1 N–H and O–H groups in total. The number of ether oxygens (including phenoxy) is 1. The van der Waals surface area contributed by atoms with Crippen LogP contribution >= 0.6 is 11.6 Å². The van der Waals surface area contributed by atoms with Crippen molar-refractivity contribution in [2.75, 3.05) is 13.7 Å². The first-order valence-electron chi connectivity index (χ1n) is 9.19. The molecular formula is C22H27ClN2O3. The quantitative estimate of drug-likeness (QED) is 0.766. The van der Waals surface area contributed by atoms with Gasteiger partial charge in [-0.25, -0.2) is 0 Å². The zero-order valence-electron chi connectivity index (χ0n) is 17.0. The molecule has 6 heteroatoms. The van der Waals surface area contributed by atoms with Crippen LogP contribution in [0.15, 0.2) is 36.4 Å². The van der Waals surface area contributed by atoms with Crippen molar-refractivity contribution in [2.45, 2.75) is 40.3 Å². The third kappa shape index (κ3) is 5.49. The van der Waals surface area contributed by atoms with Gasteiger partial charge in [0.25, 0.3) is 5.91 Å². The van der Waals surface area contributed by atoms with Gasteiger partial charge < -0.3 is 15.0 Å². The number of carbonyl (C=O) groups is 2. The molecular weight excluding hydrogens is 376 g/mol. The monoisotopic (exact) mass is 402 g/mol. The molecule has 0 heterocycles. The minimum atomic E-state index is -0.638. The van der Waals surface area contributed by atoms with Crippen LogP contribution in [0.2, 0.25) is 5.02 Å². The van der Waals surface area contributed by atoms with Gasteiger partial charge in [-0.1, -0.05) is 29.8 Å². The van der Waals surface area contributed by atoms with E-state index in [2.05, 4.69) is 11.4 Å². The van der Waals surface area contributed by atoms with E-state index in [4.69, 9.17) is 16.3 Å². The highest BCUT2D eigenvalue weighted by atomic mass is 35.5. The number of amides is 2. The molecule has 0 aliphatic rings. The number of benzene rings is 2. The van der Waals surface area contributed by atoms with E-state index in [1.54, 1.807) is 26.1 Å². The summed E-state index contributed by atoms with van der Waals surface area (Å²) >= 11 is 6.06. The Balaban J connectivity index is 2.20. The second-order valence-corrected chi connectivity index (χ2v) is 7.37. The molecule has 5 nitrogen and oxygen atoms in total. The SMILES string of the molecule is CNC(=O)[C@@H](C)N(Cc1cccc(Cl)c1)C(=O)COc1cc(C)cc(C)c1C. The highest BCUT2D eigenvalue weighted by Crippen LogP contribution is 2.23. The molecule has 0 radical (unpaired) electrons. The Hall–Kier alpha value is -2.53. The van der Waals surface area contributed by atoms with E-state index in [-0.39, 0.29) is 25.0 Å². The molecule has 0 unspecified atom stereocenters. The maximum Gasteiger partial charge on any atom is 0.261 e. The summed E-state index contributed by atoms with van der Waals surface area (Å²) in [6, 6.07) is 10.6. The van der Waals surface area contributed by atoms with Gasteiger partial charge in [0.15, 0.2) is 6.61 Å². The molecule has 2 aromatic carbocycles. The number of rotatable bonds is 7. The van der Waals surface area contributed by atoms with Crippen molar-refractivity contribution >= 4 is 23.4 Å². The van der Waals surface area contributed by atoms with Crippen molar-refractivity contribution < 1.29 is 14.3 Å². The first-order chi connectivity index (χ1) is 13.2. The number of carbonyl (C=O) groups excluding carboxylic acids is 2. The van der Waals surface area contributed by atoms with Gasteiger partial charge in [0, 0.05) is 18.6 Å². The van der Waals surface area contributed by atoms with E-state index in [1.807, 2.05) is 39.0 Å². The summed E-state index contributed by atoms with van der Waals surface area (Å²) in [5.41, 5.74) is 4.02. The summed E-state index contributed by atoms with van der Waals surface area (Å²) < 4.78 is 5.82. The summed E-state index contributed by atoms with van der Waals surface area (Å²) in [5.74, 6) is 0.175. The summed E-state index contributed by atoms with van der Waals surface area (Å²) in [4.78, 5) is 26.6. The van der Waals surface area contributed by atoms with Crippen molar-refractivity contribution in [3.63, 3.8) is 0 Å². The van der Waals surface area contributed by atoms with Gasteiger partial charge in [-0.2, -0.15) is 0 Å². The topological polar surface area (TPSA) is 58.6 Å². The lowest BCUT2D eigenvalue weighted by atomic mass is 10.1. The normalized spacial score (nSPS) is 11.6. The largest absolute Gasteiger partial charge is 0.483 e. The van der Waals surface area contributed by atoms with Crippen LogP contribution in [0.25, 0.3) is 0 Å². The van der Waals surface area contributed by atoms with Crippen LogP contribution in [0.5, 0.6) is 5.75 Å². The van der Waals surface area contributed by atoms with Crippen LogP contribution in [-0.4, -0.2) is 36.4 Å². The lowest BCUT2D eigenvalue weighted by Gasteiger charge is -2.28. The number of likely N-dealkylation sites (N-methyl/N-ethyl adjacent to an activating group) is 1. The molecule has 0 aromatic heterocycles. The Kier molecular flexibility index (Phi) is 7.46. The zero-order valence-corrected chi connectivity index (χ0v) is 17.8. The fourth-order valence-electron chi connectivity index (χ4n) is 3.00. The van der Waals surface area contributed by atoms with Gasteiger partial charge in [-0.3, -0.25) is 9.59 Å². The summed E-state index contributed by atoms with van der Waals surface area (Å²) in [5, 5.41) is 3.18. The van der Waals surface area contributed by atoms with E-state index < -0.39 is 6.04 Å². The Bertz CT molecular complexity index is 867. The Morgan fingerprint density at radius 3 is 2.54 bits per heavy atom. The summed E-state index contributed by atoms with van der Waals surface area (Å²) in [6.07, 6.45) is 0. The molecule has 0 saturated heterocycles. The van der Waals surface area contributed by atoms with Gasteiger partial charge in [-0.05, 0) is 68.1 Å². The van der Waals surface area contributed by atoms with E-state index in [1.165, 1.54) is 4.90 Å². The van der Waals surface area contributed by atoms with Crippen LogP contribution in [0, 0.1) is 20.8 Å². The van der Waals surface area contributed by atoms with Gasteiger partial charge in [0.05, 0.1) is 0 Å². The molecule has 1 atom stereocenters. The number of halogens is 1. The third-order valence-corrected chi connectivity index (χ3v) is 5.01. The van der Waals surface area contributed by atoms with Crippen molar-refractivity contribution in [3.05, 3.63) is 63.7 Å². The Morgan fingerprint density at radius 2 is 1.89 bits per heavy atom. The lowest BCUT2D eigenvalue weighted by molar-refractivity contribution is -0.142. The van der Waals surface area contributed by atoms with Gasteiger partial charge in [-0.15, -0.1) is 0 Å². The summed E-state index contributed by atoms with van der Waals surface area (Å²) in [7, 11) is 1.55. The minimum Gasteiger partial charge on any atom is -0.483 e. The van der Waals surface area contributed by atoms with Crippen LogP contribution < -0.4 is 10.1 Å². The van der Waals surface area contributed by atoms with E-state index in [0.29, 0.717) is 10.8 Å². The lowest BCUT2D eigenvalue weighted by Crippen LogP contribution is -2.48. The van der Waals surface area contributed by atoms with Crippen molar-refractivity contribution in [1.29, 1.82) is 0 Å². The standard InChI is InChI=1S/C22H27ClN2O3/c1-14-9-15(2)16(3)20(10-14)28-13-21(26)25(17(4)22(27)24-5)12-18-7-6-8-19(23)11-18/h6-11,17H,12-13H2,1-5H3,(H,24,27)/t17-/m1/s1. The average Bonchev–Trinajstić information content (AvgIpc) is 2.66. The van der Waals surface area contributed by atoms with E-state index >= 15 is 0 Å². The summed E-state index contributed by atoms with van der Waals surface area (Å²) in [6.45, 7) is 7.78. The fraction of sp³-hybridized carbons (Fsp3) is 0.364. The van der Waals surface area contributed by atoms with Gasteiger partial charge in [0.1, 0.15) is 11.8 Å². The Labute approximate surface area is 171 Å². The molecule has 150 valence electrons. The number of nitrogens with zero attached hydrogens (tertiary/aromatic N) is 1. The van der Waals surface area contributed by atoms with E-state index in [0.717, 1.165) is 22.3 Å². The van der Waals surface area contributed by atoms with Crippen LogP contribution in [0.3, 0.4) is 0 Å². The van der Waals surface area contributed by atoms with Gasteiger partial charge in [0.2, 0.25) is 5.91 Å². The zero-order chi connectivity index (χ0) is 20.8. The first-order valence-corrected chi connectivity index (χ1v) is 9.57. The molecule has 0 bridgehead atoms. The number of hydrogen-bond acceptors (Lipinski definition) is 3. The molecule has 0 fully saturated rings. The molecule has 0 saturated carbocycles. The Morgan fingerprint density at radius 1 is 1.18 bits per heavy atom.